The van der Waals surface area contributed by atoms with Crippen LogP contribution in [0, 0.1) is 5.92 Å². The Balaban J connectivity index is 1.92. The van der Waals surface area contributed by atoms with Crippen molar-refractivity contribution < 1.29 is 4.84 Å². The molecule has 1 atom stereocenters. The molecule has 1 aliphatic heterocycles. The maximum absolute atomic E-state index is 12.6. The van der Waals surface area contributed by atoms with Gasteiger partial charge in [-0.15, -0.1) is 4.73 Å². The summed E-state index contributed by atoms with van der Waals surface area (Å²) in [5, 5.41) is 6.48. The van der Waals surface area contributed by atoms with E-state index in [0.29, 0.717) is 24.0 Å². The number of nitrogens with two attached hydrogens (primary N) is 1. The van der Waals surface area contributed by atoms with E-state index in [-0.39, 0.29) is 5.56 Å². The lowest BCUT2D eigenvalue weighted by atomic mass is 9.81. The Morgan fingerprint density at radius 1 is 1.39 bits per heavy atom. The summed E-state index contributed by atoms with van der Waals surface area (Å²) in [6.45, 7) is 3.35. The Morgan fingerprint density at radius 2 is 2.13 bits per heavy atom. The largest absolute Gasteiger partial charge is 0.411 e. The van der Waals surface area contributed by atoms with E-state index in [1.165, 1.54) is 31.1 Å². The van der Waals surface area contributed by atoms with E-state index in [9.17, 15) is 4.79 Å². The molecule has 0 saturated heterocycles. The van der Waals surface area contributed by atoms with E-state index in [1.54, 1.807) is 0 Å². The highest BCUT2D eigenvalue weighted by atomic mass is 16.7. The summed E-state index contributed by atoms with van der Waals surface area (Å²) in [5.74, 6) is 0.782. The van der Waals surface area contributed by atoms with Crippen LogP contribution in [0.5, 0.6) is 0 Å². The van der Waals surface area contributed by atoms with Crippen LogP contribution in [0.25, 0.3) is 0 Å². The van der Waals surface area contributed by atoms with Crippen LogP contribution < -0.4 is 26.8 Å². The highest BCUT2D eigenvalue weighted by molar-refractivity contribution is 5.35. The van der Waals surface area contributed by atoms with Gasteiger partial charge in [0.15, 0.2) is 0 Å². The van der Waals surface area contributed by atoms with Gasteiger partial charge in [-0.1, -0.05) is 19.3 Å². The maximum atomic E-state index is 12.6. The van der Waals surface area contributed by atoms with Crippen molar-refractivity contribution in [1.82, 2.24) is 15.0 Å². The van der Waals surface area contributed by atoms with Crippen molar-refractivity contribution in [3.63, 3.8) is 0 Å². The van der Waals surface area contributed by atoms with Gasteiger partial charge in [0.05, 0.1) is 16.9 Å². The lowest BCUT2D eigenvalue weighted by Crippen LogP contribution is -2.53. The Morgan fingerprint density at radius 3 is 2.83 bits per heavy atom. The van der Waals surface area contributed by atoms with Gasteiger partial charge in [0.2, 0.25) is 5.95 Å². The Bertz CT molecular complexity index is 620. The molecule has 4 N–H and O–H groups in total. The highest BCUT2D eigenvalue weighted by Gasteiger charge is 2.33. The number of hydrogen-bond donors (Lipinski definition) is 3. The fraction of sp³-hybridized carbons (Fsp3) is 0.750. The summed E-state index contributed by atoms with van der Waals surface area (Å²) in [7, 11) is 1.48. The van der Waals surface area contributed by atoms with Crippen molar-refractivity contribution in [3.05, 3.63) is 21.6 Å². The first kappa shape index (κ1) is 16.3. The predicted octanol–water partition coefficient (Wildman–Crippen LogP) is 0.615. The van der Waals surface area contributed by atoms with E-state index in [4.69, 9.17) is 10.6 Å². The normalized spacial score (nSPS) is 21.3. The minimum atomic E-state index is -0.610. The number of fused-ring (bicyclic) bond motifs is 1. The van der Waals surface area contributed by atoms with Crippen LogP contribution in [0.15, 0.2) is 4.79 Å². The van der Waals surface area contributed by atoms with Crippen molar-refractivity contribution >= 4 is 5.95 Å². The second kappa shape index (κ2) is 6.49. The summed E-state index contributed by atoms with van der Waals surface area (Å²) in [6.07, 6.45) is 6.64. The van der Waals surface area contributed by atoms with E-state index in [0.717, 1.165) is 31.5 Å². The fourth-order valence-electron chi connectivity index (χ4n) is 3.68. The third kappa shape index (κ3) is 3.21. The van der Waals surface area contributed by atoms with E-state index >= 15 is 0 Å². The molecule has 1 fully saturated rings. The SMILES string of the molecule is COn1c(N[C@@](C)(N)C2CCCCC2)nc2c(c1=O)CNCC2. The van der Waals surface area contributed by atoms with Gasteiger partial charge in [-0.2, -0.15) is 0 Å². The lowest BCUT2D eigenvalue weighted by Gasteiger charge is -2.38. The number of rotatable bonds is 4. The predicted molar refractivity (Wildman–Crippen MR) is 89.2 cm³/mol. The van der Waals surface area contributed by atoms with E-state index < -0.39 is 5.66 Å². The van der Waals surface area contributed by atoms with Crippen LogP contribution in [0.3, 0.4) is 0 Å². The van der Waals surface area contributed by atoms with E-state index in [2.05, 4.69) is 15.6 Å². The number of hydrogen-bond acceptors (Lipinski definition) is 6. The molecule has 3 rings (SSSR count). The summed E-state index contributed by atoms with van der Waals surface area (Å²) >= 11 is 0. The maximum Gasteiger partial charge on any atom is 0.292 e. The average molecular weight is 321 g/mol. The topological polar surface area (TPSA) is 94.2 Å². The standard InChI is InChI=1S/C16H27N5O2/c1-16(17,11-6-4-3-5-7-11)20-15-19-13-8-9-18-10-12(13)14(22)21(15)23-2/h11,18H,3-10,17H2,1-2H3,(H,19,20)/t16-/m1/s1. The Labute approximate surface area is 136 Å². The van der Waals surface area contributed by atoms with Gasteiger partial charge in [0.25, 0.3) is 5.56 Å². The molecule has 2 aliphatic rings. The average Bonchev–Trinajstić information content (AvgIpc) is 2.56. The number of nitrogens with zero attached hydrogens (tertiary/aromatic N) is 2. The van der Waals surface area contributed by atoms with Crippen molar-refractivity contribution in [2.24, 2.45) is 11.7 Å². The molecule has 0 radical (unpaired) electrons. The number of anilines is 1. The van der Waals surface area contributed by atoms with Gasteiger partial charge in [-0.05, 0) is 25.7 Å². The molecular weight excluding hydrogens is 294 g/mol. The van der Waals surface area contributed by atoms with Gasteiger partial charge in [0, 0.05) is 19.5 Å². The van der Waals surface area contributed by atoms with Crippen molar-refractivity contribution in [1.29, 1.82) is 0 Å². The third-order valence-electron chi connectivity index (χ3n) is 5.08. The molecule has 0 bridgehead atoms. The van der Waals surface area contributed by atoms with Gasteiger partial charge in [-0.3, -0.25) is 4.79 Å². The first-order valence-corrected chi connectivity index (χ1v) is 8.50. The quantitative estimate of drug-likeness (QED) is 0.704. The summed E-state index contributed by atoms with van der Waals surface area (Å²) < 4.78 is 1.22. The zero-order chi connectivity index (χ0) is 16.4. The third-order valence-corrected chi connectivity index (χ3v) is 5.08. The summed E-state index contributed by atoms with van der Waals surface area (Å²) in [5.41, 5.74) is 7.29. The molecule has 1 saturated carbocycles. The molecule has 128 valence electrons. The second-order valence-corrected chi connectivity index (χ2v) is 6.81. The first-order chi connectivity index (χ1) is 11.0. The molecule has 1 aromatic rings. The van der Waals surface area contributed by atoms with E-state index in [1.807, 2.05) is 6.92 Å². The highest BCUT2D eigenvalue weighted by Crippen LogP contribution is 2.31. The number of aromatic nitrogens is 2. The van der Waals surface area contributed by atoms with Crippen molar-refractivity contribution in [3.8, 4) is 0 Å². The minimum absolute atomic E-state index is 0.161. The van der Waals surface area contributed by atoms with Crippen LogP contribution in [0.2, 0.25) is 0 Å². The van der Waals surface area contributed by atoms with Gasteiger partial charge in [-0.25, -0.2) is 4.98 Å². The van der Waals surface area contributed by atoms with Crippen molar-refractivity contribution in [2.45, 2.75) is 57.7 Å². The Hall–Kier alpha value is -1.60. The molecule has 0 spiro atoms. The van der Waals surface area contributed by atoms with Gasteiger partial charge in [0.1, 0.15) is 7.11 Å². The minimum Gasteiger partial charge on any atom is -0.411 e. The molecular formula is C16H27N5O2. The number of nitrogens with one attached hydrogen (secondary N) is 2. The summed E-state index contributed by atoms with van der Waals surface area (Å²) in [6, 6.07) is 0. The molecule has 7 nitrogen and oxygen atoms in total. The van der Waals surface area contributed by atoms with Crippen LogP contribution in [-0.2, 0) is 13.0 Å². The Kier molecular flexibility index (Phi) is 4.59. The molecule has 2 heterocycles. The second-order valence-electron chi connectivity index (χ2n) is 6.81. The molecule has 1 aromatic heterocycles. The molecule has 0 amide bonds. The zero-order valence-electron chi connectivity index (χ0n) is 14.0. The molecule has 0 unspecified atom stereocenters. The van der Waals surface area contributed by atoms with Gasteiger partial charge >= 0.3 is 0 Å². The first-order valence-electron chi connectivity index (χ1n) is 8.50. The monoisotopic (exact) mass is 321 g/mol. The lowest BCUT2D eigenvalue weighted by molar-refractivity contribution is 0.153. The summed E-state index contributed by atoms with van der Waals surface area (Å²) in [4.78, 5) is 22.5. The molecule has 0 aromatic carbocycles. The molecule has 7 heteroatoms. The van der Waals surface area contributed by atoms with Crippen LogP contribution in [0.4, 0.5) is 5.95 Å². The molecule has 23 heavy (non-hydrogen) atoms. The van der Waals surface area contributed by atoms with Gasteiger partial charge < -0.3 is 21.2 Å². The smallest absolute Gasteiger partial charge is 0.292 e. The molecule has 1 aliphatic carbocycles. The zero-order valence-corrected chi connectivity index (χ0v) is 14.0. The van der Waals surface area contributed by atoms with Crippen LogP contribution >= 0.6 is 0 Å². The fourth-order valence-corrected chi connectivity index (χ4v) is 3.68. The van der Waals surface area contributed by atoms with Crippen LogP contribution in [0.1, 0.15) is 50.3 Å². The van der Waals surface area contributed by atoms with Crippen LogP contribution in [-0.4, -0.2) is 29.0 Å². The van der Waals surface area contributed by atoms with Crippen molar-refractivity contribution in [2.75, 3.05) is 19.0 Å².